The molecule has 1 aliphatic heterocycles. The largest absolute Gasteiger partial charge is 0.380 e. The van der Waals surface area contributed by atoms with Gasteiger partial charge in [0.2, 0.25) is 0 Å². The molecular formula is C12H25NO3S. The van der Waals surface area contributed by atoms with Crippen molar-refractivity contribution < 1.29 is 13.2 Å². The monoisotopic (exact) mass is 263 g/mol. The Balaban J connectivity index is 2.72. The van der Waals surface area contributed by atoms with Gasteiger partial charge < -0.3 is 10.1 Å². The number of nitrogens with one attached hydrogen (secondary N) is 1. The molecule has 0 amide bonds. The van der Waals surface area contributed by atoms with E-state index in [0.29, 0.717) is 13.2 Å². The van der Waals surface area contributed by atoms with Gasteiger partial charge >= 0.3 is 0 Å². The van der Waals surface area contributed by atoms with Gasteiger partial charge in [-0.15, -0.1) is 0 Å². The minimum Gasteiger partial charge on any atom is -0.380 e. The molecule has 1 rings (SSSR count). The van der Waals surface area contributed by atoms with E-state index in [9.17, 15) is 8.42 Å². The van der Waals surface area contributed by atoms with Crippen molar-refractivity contribution in [2.45, 2.75) is 44.9 Å². The third-order valence-electron chi connectivity index (χ3n) is 3.45. The van der Waals surface area contributed by atoms with Crippen molar-refractivity contribution in [1.82, 2.24) is 5.32 Å². The summed E-state index contributed by atoms with van der Waals surface area (Å²) >= 11 is 0. The minimum absolute atomic E-state index is 0.0582. The van der Waals surface area contributed by atoms with Crippen LogP contribution in [0.25, 0.3) is 0 Å². The zero-order chi connectivity index (χ0) is 12.9. The van der Waals surface area contributed by atoms with Crippen molar-refractivity contribution in [2.75, 3.05) is 25.5 Å². The average Bonchev–Trinajstić information content (AvgIpc) is 2.29. The first-order valence-electron chi connectivity index (χ1n) is 6.54. The van der Waals surface area contributed by atoms with Crippen LogP contribution in [0.3, 0.4) is 0 Å². The number of hydrogen-bond donors (Lipinski definition) is 1. The predicted molar refractivity (Wildman–Crippen MR) is 69.9 cm³/mol. The lowest BCUT2D eigenvalue weighted by atomic mass is 10.1. The number of sulfone groups is 1. The highest BCUT2D eigenvalue weighted by Gasteiger charge is 2.36. The van der Waals surface area contributed by atoms with Gasteiger partial charge in [0, 0.05) is 12.6 Å². The lowest BCUT2D eigenvalue weighted by Gasteiger charge is -2.32. The molecule has 0 radical (unpaired) electrons. The van der Waals surface area contributed by atoms with E-state index in [-0.39, 0.29) is 23.0 Å². The Morgan fingerprint density at radius 1 is 1.41 bits per heavy atom. The van der Waals surface area contributed by atoms with E-state index in [1.54, 1.807) is 0 Å². The predicted octanol–water partition coefficient (Wildman–Crippen LogP) is 1.21. The summed E-state index contributed by atoms with van der Waals surface area (Å²) in [6.45, 7) is 7.83. The van der Waals surface area contributed by atoms with E-state index in [1.165, 1.54) is 0 Å². The van der Waals surface area contributed by atoms with Crippen LogP contribution in [0.5, 0.6) is 0 Å². The third kappa shape index (κ3) is 4.23. The summed E-state index contributed by atoms with van der Waals surface area (Å²) < 4.78 is 30.0. The van der Waals surface area contributed by atoms with E-state index in [2.05, 4.69) is 5.32 Å². The van der Waals surface area contributed by atoms with Crippen molar-refractivity contribution in [3.63, 3.8) is 0 Å². The van der Waals surface area contributed by atoms with Gasteiger partial charge in [0.05, 0.1) is 17.6 Å². The Morgan fingerprint density at radius 3 is 2.71 bits per heavy atom. The van der Waals surface area contributed by atoms with Crippen LogP contribution in [0.2, 0.25) is 0 Å². The van der Waals surface area contributed by atoms with Gasteiger partial charge in [-0.1, -0.05) is 27.2 Å². The molecule has 5 heteroatoms. The first-order chi connectivity index (χ1) is 8.01. The lowest BCUT2D eigenvalue weighted by molar-refractivity contribution is 0.0811. The Bertz CT molecular complexity index is 314. The van der Waals surface area contributed by atoms with Gasteiger partial charge in [-0.25, -0.2) is 8.42 Å². The highest BCUT2D eigenvalue weighted by atomic mass is 32.2. The summed E-state index contributed by atoms with van der Waals surface area (Å²) in [4.78, 5) is 0. The number of rotatable bonds is 6. The zero-order valence-electron chi connectivity index (χ0n) is 11.1. The van der Waals surface area contributed by atoms with E-state index in [1.807, 2.05) is 20.8 Å². The van der Waals surface area contributed by atoms with Gasteiger partial charge in [-0.05, 0) is 18.9 Å². The van der Waals surface area contributed by atoms with E-state index < -0.39 is 9.84 Å². The normalized spacial score (nSPS) is 27.9. The standard InChI is InChI=1S/C12H25NO3S/c1-4-10(3)9-17(14,15)12-8-16-7-6-11(12)13-5-2/h10-13H,4-9H2,1-3H3. The second-order valence-corrected chi connectivity index (χ2v) is 7.17. The Labute approximate surface area is 105 Å². The van der Waals surface area contributed by atoms with Crippen LogP contribution in [0, 0.1) is 5.92 Å². The van der Waals surface area contributed by atoms with Gasteiger partial charge in [0.1, 0.15) is 0 Å². The molecule has 1 N–H and O–H groups in total. The van der Waals surface area contributed by atoms with Crippen LogP contribution in [-0.4, -0.2) is 45.2 Å². The molecule has 0 saturated carbocycles. The van der Waals surface area contributed by atoms with Crippen LogP contribution in [0.4, 0.5) is 0 Å². The fourth-order valence-electron chi connectivity index (χ4n) is 2.20. The van der Waals surface area contributed by atoms with Gasteiger partial charge in [-0.3, -0.25) is 0 Å². The molecule has 17 heavy (non-hydrogen) atoms. The molecule has 1 fully saturated rings. The minimum atomic E-state index is -3.05. The Morgan fingerprint density at radius 2 is 2.12 bits per heavy atom. The van der Waals surface area contributed by atoms with Crippen molar-refractivity contribution >= 4 is 9.84 Å². The molecule has 3 atom stereocenters. The summed E-state index contributed by atoms with van der Waals surface area (Å²) in [5.41, 5.74) is 0. The van der Waals surface area contributed by atoms with E-state index >= 15 is 0 Å². The molecule has 3 unspecified atom stereocenters. The Hall–Kier alpha value is -0.130. The smallest absolute Gasteiger partial charge is 0.157 e. The lowest BCUT2D eigenvalue weighted by Crippen LogP contribution is -2.51. The van der Waals surface area contributed by atoms with Crippen LogP contribution >= 0.6 is 0 Å². The first kappa shape index (κ1) is 14.9. The van der Waals surface area contributed by atoms with Crippen molar-refractivity contribution in [3.8, 4) is 0 Å². The molecule has 1 aliphatic rings. The summed E-state index contributed by atoms with van der Waals surface area (Å²) in [5.74, 6) is 0.503. The fraction of sp³-hybridized carbons (Fsp3) is 1.00. The number of ether oxygens (including phenoxy) is 1. The molecule has 1 heterocycles. The zero-order valence-corrected chi connectivity index (χ0v) is 11.9. The molecule has 1 saturated heterocycles. The summed E-state index contributed by atoms with van der Waals surface area (Å²) in [6, 6.07) is 0.0582. The maximum atomic E-state index is 12.3. The van der Waals surface area contributed by atoms with Crippen LogP contribution in [-0.2, 0) is 14.6 Å². The van der Waals surface area contributed by atoms with Gasteiger partial charge in [0.15, 0.2) is 9.84 Å². The first-order valence-corrected chi connectivity index (χ1v) is 8.25. The maximum absolute atomic E-state index is 12.3. The topological polar surface area (TPSA) is 55.4 Å². The average molecular weight is 263 g/mol. The SMILES string of the molecule is CCNC1CCOCC1S(=O)(=O)CC(C)CC. The summed E-state index contributed by atoms with van der Waals surface area (Å²) in [5, 5.41) is 2.90. The molecular weight excluding hydrogens is 238 g/mol. The number of hydrogen-bond acceptors (Lipinski definition) is 4. The highest BCUT2D eigenvalue weighted by molar-refractivity contribution is 7.92. The fourth-order valence-corrected chi connectivity index (χ4v) is 4.51. The highest BCUT2D eigenvalue weighted by Crippen LogP contribution is 2.19. The molecule has 0 aromatic heterocycles. The summed E-state index contributed by atoms with van der Waals surface area (Å²) in [6.07, 6.45) is 1.69. The van der Waals surface area contributed by atoms with Crippen LogP contribution in [0.1, 0.15) is 33.6 Å². The van der Waals surface area contributed by atoms with Gasteiger partial charge in [-0.2, -0.15) is 0 Å². The molecule has 0 aliphatic carbocycles. The van der Waals surface area contributed by atoms with Gasteiger partial charge in [0.25, 0.3) is 0 Å². The quantitative estimate of drug-likeness (QED) is 0.783. The Kier molecular flexibility index (Phi) is 5.89. The molecule has 0 bridgehead atoms. The van der Waals surface area contributed by atoms with E-state index in [4.69, 9.17) is 4.74 Å². The molecule has 0 aromatic carbocycles. The van der Waals surface area contributed by atoms with Crippen molar-refractivity contribution in [3.05, 3.63) is 0 Å². The second-order valence-electron chi connectivity index (χ2n) is 4.91. The van der Waals surface area contributed by atoms with Crippen molar-refractivity contribution in [2.24, 2.45) is 5.92 Å². The maximum Gasteiger partial charge on any atom is 0.157 e. The molecule has 0 spiro atoms. The third-order valence-corrected chi connectivity index (χ3v) is 5.87. The van der Waals surface area contributed by atoms with Crippen LogP contribution in [0.15, 0.2) is 0 Å². The van der Waals surface area contributed by atoms with Crippen LogP contribution < -0.4 is 5.32 Å². The molecule has 0 aromatic rings. The molecule has 4 nitrogen and oxygen atoms in total. The van der Waals surface area contributed by atoms with Crippen molar-refractivity contribution in [1.29, 1.82) is 0 Å². The summed E-state index contributed by atoms with van der Waals surface area (Å²) in [7, 11) is -3.05. The second kappa shape index (κ2) is 6.71. The van der Waals surface area contributed by atoms with E-state index in [0.717, 1.165) is 19.4 Å². The molecule has 102 valence electrons.